The molecular formula is C13H24N4O6S. The maximum absolute atomic E-state index is 12.2. The number of thiol groups is 1. The van der Waals surface area contributed by atoms with Crippen LogP contribution in [0.2, 0.25) is 0 Å². The van der Waals surface area contributed by atoms with E-state index >= 15 is 0 Å². The standard InChI is InChI=1S/C13H24N4O6S/c1-6(2)10(17-11(21)7(14)5-24)13(23)16-8(4-18)12(22)15-3-9(19)20/h6-8,10,18,24H,3-5,14H2,1-2H3,(H,15,22)(H,16,23)(H,17,21)(H,19,20). The third kappa shape index (κ3) is 7.62. The monoisotopic (exact) mass is 364 g/mol. The summed E-state index contributed by atoms with van der Waals surface area (Å²) in [5, 5.41) is 24.5. The zero-order valence-electron chi connectivity index (χ0n) is 13.5. The molecule has 3 amide bonds. The van der Waals surface area contributed by atoms with Crippen LogP contribution in [0, 0.1) is 5.92 Å². The maximum Gasteiger partial charge on any atom is 0.322 e. The van der Waals surface area contributed by atoms with Gasteiger partial charge in [0.15, 0.2) is 0 Å². The van der Waals surface area contributed by atoms with Gasteiger partial charge in [0, 0.05) is 5.75 Å². The van der Waals surface area contributed by atoms with Crippen molar-refractivity contribution in [1.82, 2.24) is 16.0 Å². The number of amides is 3. The molecule has 0 aromatic rings. The van der Waals surface area contributed by atoms with Crippen molar-refractivity contribution >= 4 is 36.3 Å². The predicted octanol–water partition coefficient (Wildman–Crippen LogP) is -2.94. The number of rotatable bonds is 10. The van der Waals surface area contributed by atoms with E-state index < -0.39 is 55.0 Å². The molecule has 0 aromatic carbocycles. The summed E-state index contributed by atoms with van der Waals surface area (Å²) >= 11 is 3.90. The van der Waals surface area contributed by atoms with Crippen LogP contribution >= 0.6 is 12.6 Å². The van der Waals surface area contributed by atoms with Gasteiger partial charge >= 0.3 is 5.97 Å². The van der Waals surface area contributed by atoms with E-state index in [4.69, 9.17) is 10.8 Å². The van der Waals surface area contributed by atoms with Gasteiger partial charge in [0.1, 0.15) is 18.6 Å². The zero-order chi connectivity index (χ0) is 18.9. The van der Waals surface area contributed by atoms with Crippen molar-refractivity contribution in [2.75, 3.05) is 18.9 Å². The van der Waals surface area contributed by atoms with Gasteiger partial charge in [-0.05, 0) is 5.92 Å². The zero-order valence-corrected chi connectivity index (χ0v) is 14.4. The predicted molar refractivity (Wildman–Crippen MR) is 88.3 cm³/mol. The first kappa shape index (κ1) is 22.1. The quantitative estimate of drug-likeness (QED) is 0.203. The number of carbonyl (C=O) groups is 4. The van der Waals surface area contributed by atoms with Crippen molar-refractivity contribution in [3.05, 3.63) is 0 Å². The summed E-state index contributed by atoms with van der Waals surface area (Å²) in [6.07, 6.45) is 0. The van der Waals surface area contributed by atoms with Crippen molar-refractivity contribution < 1.29 is 29.4 Å². The van der Waals surface area contributed by atoms with E-state index in [1.54, 1.807) is 13.8 Å². The van der Waals surface area contributed by atoms with Crippen LogP contribution in [0.1, 0.15) is 13.8 Å². The first-order chi connectivity index (χ1) is 11.1. The van der Waals surface area contributed by atoms with E-state index in [-0.39, 0.29) is 11.7 Å². The Morgan fingerprint density at radius 1 is 1.08 bits per heavy atom. The first-order valence-electron chi connectivity index (χ1n) is 7.21. The average Bonchev–Trinajstić information content (AvgIpc) is 2.53. The molecular weight excluding hydrogens is 340 g/mol. The molecule has 0 aliphatic carbocycles. The number of carboxylic acids is 1. The van der Waals surface area contributed by atoms with Crippen LogP contribution in [0.15, 0.2) is 0 Å². The highest BCUT2D eigenvalue weighted by Gasteiger charge is 2.29. The van der Waals surface area contributed by atoms with Crippen LogP contribution in [-0.2, 0) is 19.2 Å². The Morgan fingerprint density at radius 2 is 1.67 bits per heavy atom. The molecule has 10 nitrogen and oxygen atoms in total. The van der Waals surface area contributed by atoms with E-state index in [1.807, 2.05) is 5.32 Å². The number of hydrogen-bond donors (Lipinski definition) is 7. The van der Waals surface area contributed by atoms with E-state index in [0.29, 0.717) is 0 Å². The number of nitrogens with two attached hydrogens (primary N) is 1. The van der Waals surface area contributed by atoms with Gasteiger partial charge in [-0.1, -0.05) is 13.8 Å². The van der Waals surface area contributed by atoms with Gasteiger partial charge in [-0.3, -0.25) is 19.2 Å². The second-order valence-electron chi connectivity index (χ2n) is 5.37. The lowest BCUT2D eigenvalue weighted by molar-refractivity contribution is -0.139. The molecule has 3 unspecified atom stereocenters. The summed E-state index contributed by atoms with van der Waals surface area (Å²) in [6.45, 7) is 1.98. The summed E-state index contributed by atoms with van der Waals surface area (Å²) in [4.78, 5) is 46.2. The fraction of sp³-hybridized carbons (Fsp3) is 0.692. The highest BCUT2D eigenvalue weighted by Crippen LogP contribution is 2.03. The number of aliphatic hydroxyl groups is 1. The Bertz CT molecular complexity index is 473. The number of nitrogens with one attached hydrogen (secondary N) is 3. The lowest BCUT2D eigenvalue weighted by Gasteiger charge is -2.25. The van der Waals surface area contributed by atoms with Crippen molar-refractivity contribution in [3.63, 3.8) is 0 Å². The third-order valence-electron chi connectivity index (χ3n) is 3.01. The van der Waals surface area contributed by atoms with Gasteiger partial charge in [0.05, 0.1) is 12.6 Å². The highest BCUT2D eigenvalue weighted by atomic mass is 32.1. The minimum absolute atomic E-state index is 0.0924. The smallest absolute Gasteiger partial charge is 0.322 e. The average molecular weight is 364 g/mol. The summed E-state index contributed by atoms with van der Waals surface area (Å²) in [5.41, 5.74) is 5.53. The summed E-state index contributed by atoms with van der Waals surface area (Å²) < 4.78 is 0. The second-order valence-corrected chi connectivity index (χ2v) is 5.74. The fourth-order valence-electron chi connectivity index (χ4n) is 1.62. The Kier molecular flexibility index (Phi) is 10.0. The first-order valence-corrected chi connectivity index (χ1v) is 7.84. The van der Waals surface area contributed by atoms with Crippen LogP contribution in [0.4, 0.5) is 0 Å². The molecule has 0 bridgehead atoms. The van der Waals surface area contributed by atoms with Crippen LogP contribution in [0.3, 0.4) is 0 Å². The Labute approximate surface area is 144 Å². The number of hydrogen-bond acceptors (Lipinski definition) is 7. The molecule has 0 heterocycles. The Hall–Kier alpha value is -1.85. The number of carboxylic acid groups (broad SMARTS) is 1. The van der Waals surface area contributed by atoms with Gasteiger partial charge in [0.25, 0.3) is 0 Å². The van der Waals surface area contributed by atoms with Gasteiger partial charge in [-0.25, -0.2) is 0 Å². The fourth-order valence-corrected chi connectivity index (χ4v) is 1.79. The minimum Gasteiger partial charge on any atom is -0.480 e. The molecule has 7 N–H and O–H groups in total. The molecule has 0 saturated heterocycles. The third-order valence-corrected chi connectivity index (χ3v) is 3.40. The van der Waals surface area contributed by atoms with Crippen LogP contribution in [0.5, 0.6) is 0 Å². The van der Waals surface area contributed by atoms with Gasteiger partial charge in [-0.2, -0.15) is 12.6 Å². The summed E-state index contributed by atoms with van der Waals surface area (Å²) in [6, 6.07) is -3.21. The summed E-state index contributed by atoms with van der Waals surface area (Å²) in [5.74, 6) is -3.62. The SMILES string of the molecule is CC(C)C(NC(=O)C(N)CS)C(=O)NC(CO)C(=O)NCC(=O)O. The molecule has 138 valence electrons. The highest BCUT2D eigenvalue weighted by molar-refractivity contribution is 7.80. The molecule has 0 rings (SSSR count). The molecule has 0 fully saturated rings. The normalized spacial score (nSPS) is 14.4. The second kappa shape index (κ2) is 10.8. The van der Waals surface area contributed by atoms with Crippen LogP contribution in [0.25, 0.3) is 0 Å². The van der Waals surface area contributed by atoms with Gasteiger partial charge < -0.3 is 31.9 Å². The van der Waals surface area contributed by atoms with Crippen molar-refractivity contribution in [2.24, 2.45) is 11.7 Å². The van der Waals surface area contributed by atoms with E-state index in [9.17, 15) is 24.3 Å². The van der Waals surface area contributed by atoms with Crippen LogP contribution < -0.4 is 21.7 Å². The van der Waals surface area contributed by atoms with Crippen molar-refractivity contribution in [1.29, 1.82) is 0 Å². The molecule has 0 aromatic heterocycles. The van der Waals surface area contributed by atoms with Crippen molar-refractivity contribution in [2.45, 2.75) is 32.0 Å². The topological polar surface area (TPSA) is 171 Å². The molecule has 0 saturated carbocycles. The van der Waals surface area contributed by atoms with Gasteiger partial charge in [-0.15, -0.1) is 0 Å². The number of carbonyl (C=O) groups excluding carboxylic acids is 3. The summed E-state index contributed by atoms with van der Waals surface area (Å²) in [7, 11) is 0. The van der Waals surface area contributed by atoms with Crippen LogP contribution in [-0.4, -0.2) is 70.9 Å². The molecule has 0 aliphatic heterocycles. The molecule has 24 heavy (non-hydrogen) atoms. The Balaban J connectivity index is 4.87. The lowest BCUT2D eigenvalue weighted by Crippen LogP contribution is -2.58. The minimum atomic E-state index is -1.34. The molecule has 0 aliphatic rings. The van der Waals surface area contributed by atoms with Gasteiger partial charge in [0.2, 0.25) is 17.7 Å². The lowest BCUT2D eigenvalue weighted by atomic mass is 10.0. The molecule has 0 spiro atoms. The molecule has 0 radical (unpaired) electrons. The van der Waals surface area contributed by atoms with E-state index in [0.717, 1.165) is 0 Å². The largest absolute Gasteiger partial charge is 0.480 e. The van der Waals surface area contributed by atoms with E-state index in [2.05, 4.69) is 23.3 Å². The van der Waals surface area contributed by atoms with E-state index in [1.165, 1.54) is 0 Å². The maximum atomic E-state index is 12.2. The molecule has 3 atom stereocenters. The number of aliphatic carboxylic acids is 1. The Morgan fingerprint density at radius 3 is 2.08 bits per heavy atom. The molecule has 11 heteroatoms. The van der Waals surface area contributed by atoms with Crippen molar-refractivity contribution in [3.8, 4) is 0 Å². The number of aliphatic hydroxyl groups excluding tert-OH is 1.